The smallest absolute Gasteiger partial charge is 0.00187 e. The van der Waals surface area contributed by atoms with Gasteiger partial charge in [0, 0.05) is 0 Å². The van der Waals surface area contributed by atoms with Crippen LogP contribution in [0.15, 0.2) is 0 Å². The van der Waals surface area contributed by atoms with Gasteiger partial charge >= 0.3 is 0 Å². The molecule has 61 valence electrons. The molecule has 0 heterocycles. The normalized spacial score (nSPS) is 10.8. The second kappa shape index (κ2) is 7.07. The molecule has 0 saturated heterocycles. The third-order valence-corrected chi connectivity index (χ3v) is 1.55. The van der Waals surface area contributed by atoms with Crippen LogP contribution < -0.4 is 0 Å². The third-order valence-electron chi connectivity index (χ3n) is 1.55. The summed E-state index contributed by atoms with van der Waals surface area (Å²) in [5.74, 6) is 0. The van der Waals surface area contributed by atoms with E-state index in [1.54, 1.807) is 0 Å². The zero-order chi connectivity index (χ0) is 7.82. The molecule has 0 amide bonds. The number of nitrogens with zero attached hydrogens (tertiary/aromatic N) is 1. The molecule has 1 heteroatoms. The van der Waals surface area contributed by atoms with Crippen molar-refractivity contribution >= 4 is 0 Å². The Morgan fingerprint density at radius 3 is 1.80 bits per heavy atom. The zero-order valence-electron chi connectivity index (χ0n) is 7.40. The topological polar surface area (TPSA) is 3.24 Å². The molecular formula is C9H20N. The van der Waals surface area contributed by atoms with Crippen molar-refractivity contribution in [2.75, 3.05) is 19.6 Å². The maximum absolute atomic E-state index is 3.85. The molecule has 0 aromatic carbocycles. The van der Waals surface area contributed by atoms with Crippen LogP contribution in [-0.4, -0.2) is 24.5 Å². The lowest BCUT2D eigenvalue weighted by atomic mass is 10.3. The SMILES string of the molecule is [CH2]CCN(CCC)CCC. The summed E-state index contributed by atoms with van der Waals surface area (Å²) >= 11 is 0. The van der Waals surface area contributed by atoms with Gasteiger partial charge in [-0.1, -0.05) is 20.8 Å². The fourth-order valence-corrected chi connectivity index (χ4v) is 1.19. The Kier molecular flexibility index (Phi) is 7.04. The van der Waals surface area contributed by atoms with E-state index in [4.69, 9.17) is 0 Å². The van der Waals surface area contributed by atoms with E-state index in [9.17, 15) is 0 Å². The Labute approximate surface area is 65.4 Å². The van der Waals surface area contributed by atoms with Crippen LogP contribution in [0.4, 0.5) is 0 Å². The fraction of sp³-hybridized carbons (Fsp3) is 0.889. The summed E-state index contributed by atoms with van der Waals surface area (Å²) in [5.41, 5.74) is 0. The average molecular weight is 142 g/mol. The Morgan fingerprint density at radius 1 is 1.00 bits per heavy atom. The molecule has 0 aromatic rings. The molecule has 0 spiro atoms. The molecule has 0 aliphatic rings. The van der Waals surface area contributed by atoms with Crippen LogP contribution in [0.25, 0.3) is 0 Å². The average Bonchev–Trinajstić information content (AvgIpc) is 1.90. The summed E-state index contributed by atoms with van der Waals surface area (Å²) in [6.07, 6.45) is 3.57. The van der Waals surface area contributed by atoms with Crippen molar-refractivity contribution in [3.63, 3.8) is 0 Å². The van der Waals surface area contributed by atoms with E-state index in [-0.39, 0.29) is 0 Å². The van der Waals surface area contributed by atoms with E-state index in [2.05, 4.69) is 25.7 Å². The predicted octanol–water partition coefficient (Wildman–Crippen LogP) is 2.33. The molecule has 0 fully saturated rings. The van der Waals surface area contributed by atoms with Crippen LogP contribution in [0, 0.1) is 6.92 Å². The van der Waals surface area contributed by atoms with Crippen LogP contribution >= 0.6 is 0 Å². The van der Waals surface area contributed by atoms with Gasteiger partial charge < -0.3 is 4.90 Å². The van der Waals surface area contributed by atoms with Gasteiger partial charge in [-0.05, 0) is 38.9 Å². The highest BCUT2D eigenvalue weighted by Crippen LogP contribution is 1.94. The number of rotatable bonds is 6. The Hall–Kier alpha value is -0.0400. The summed E-state index contributed by atoms with van der Waals surface area (Å²) in [7, 11) is 0. The standard InChI is InChI=1S/C9H20N/c1-4-7-10(8-5-2)9-6-3/h1,4-9H2,2-3H3. The molecule has 0 saturated carbocycles. The zero-order valence-corrected chi connectivity index (χ0v) is 7.40. The maximum Gasteiger partial charge on any atom is -0.00187 e. The third kappa shape index (κ3) is 4.80. The summed E-state index contributed by atoms with van der Waals surface area (Å²) in [4.78, 5) is 2.48. The fourth-order valence-electron chi connectivity index (χ4n) is 1.19. The lowest BCUT2D eigenvalue weighted by Gasteiger charge is -2.19. The van der Waals surface area contributed by atoms with Crippen molar-refractivity contribution in [3.05, 3.63) is 6.92 Å². The van der Waals surface area contributed by atoms with Gasteiger partial charge in [-0.2, -0.15) is 0 Å². The summed E-state index contributed by atoms with van der Waals surface area (Å²) in [6.45, 7) is 12.0. The molecular weight excluding hydrogens is 122 g/mol. The molecule has 0 aromatic heterocycles. The highest BCUT2D eigenvalue weighted by molar-refractivity contribution is 4.56. The quantitative estimate of drug-likeness (QED) is 0.550. The van der Waals surface area contributed by atoms with Crippen LogP contribution in [0.3, 0.4) is 0 Å². The van der Waals surface area contributed by atoms with Crippen molar-refractivity contribution in [2.24, 2.45) is 0 Å². The van der Waals surface area contributed by atoms with Crippen LogP contribution in [0.1, 0.15) is 33.1 Å². The predicted molar refractivity (Wildman–Crippen MR) is 47.0 cm³/mol. The van der Waals surface area contributed by atoms with Crippen molar-refractivity contribution in [1.29, 1.82) is 0 Å². The monoisotopic (exact) mass is 142 g/mol. The second-order valence-electron chi connectivity index (χ2n) is 2.70. The van der Waals surface area contributed by atoms with Gasteiger partial charge in [-0.3, -0.25) is 0 Å². The van der Waals surface area contributed by atoms with E-state index in [1.807, 2.05) is 0 Å². The molecule has 1 radical (unpaired) electrons. The first-order chi connectivity index (χ1) is 4.85. The first kappa shape index (κ1) is 9.96. The minimum Gasteiger partial charge on any atom is -0.303 e. The van der Waals surface area contributed by atoms with E-state index < -0.39 is 0 Å². The first-order valence-electron chi connectivity index (χ1n) is 4.36. The minimum absolute atomic E-state index is 1.04. The Morgan fingerprint density at radius 2 is 1.50 bits per heavy atom. The van der Waals surface area contributed by atoms with E-state index in [0.717, 1.165) is 6.42 Å². The molecule has 0 unspecified atom stereocenters. The Balaban J connectivity index is 3.30. The van der Waals surface area contributed by atoms with E-state index in [0.29, 0.717) is 0 Å². The van der Waals surface area contributed by atoms with Gasteiger partial charge in [-0.15, -0.1) is 0 Å². The van der Waals surface area contributed by atoms with E-state index in [1.165, 1.54) is 32.5 Å². The molecule has 0 aliphatic heterocycles. The van der Waals surface area contributed by atoms with Gasteiger partial charge in [0.15, 0.2) is 0 Å². The highest BCUT2D eigenvalue weighted by Gasteiger charge is 1.98. The molecule has 10 heavy (non-hydrogen) atoms. The van der Waals surface area contributed by atoms with Crippen LogP contribution in [0.2, 0.25) is 0 Å². The largest absolute Gasteiger partial charge is 0.303 e. The summed E-state index contributed by atoms with van der Waals surface area (Å²) < 4.78 is 0. The molecule has 0 bridgehead atoms. The molecule has 0 rings (SSSR count). The van der Waals surface area contributed by atoms with Gasteiger partial charge in [0.1, 0.15) is 0 Å². The second-order valence-corrected chi connectivity index (χ2v) is 2.70. The van der Waals surface area contributed by atoms with Crippen LogP contribution in [0.5, 0.6) is 0 Å². The van der Waals surface area contributed by atoms with Crippen molar-refractivity contribution in [3.8, 4) is 0 Å². The lowest BCUT2D eigenvalue weighted by molar-refractivity contribution is 0.279. The summed E-state index contributed by atoms with van der Waals surface area (Å²) in [6, 6.07) is 0. The minimum atomic E-state index is 1.04. The number of hydrogen-bond donors (Lipinski definition) is 0. The van der Waals surface area contributed by atoms with Gasteiger partial charge in [0.2, 0.25) is 0 Å². The first-order valence-corrected chi connectivity index (χ1v) is 4.36. The molecule has 1 nitrogen and oxygen atoms in total. The molecule has 0 N–H and O–H groups in total. The molecule has 0 aliphatic carbocycles. The maximum atomic E-state index is 3.85. The van der Waals surface area contributed by atoms with Gasteiger partial charge in [0.05, 0.1) is 0 Å². The number of hydrogen-bond acceptors (Lipinski definition) is 1. The highest BCUT2D eigenvalue weighted by atomic mass is 15.1. The molecule has 0 atom stereocenters. The lowest BCUT2D eigenvalue weighted by Crippen LogP contribution is -2.26. The van der Waals surface area contributed by atoms with E-state index >= 15 is 0 Å². The van der Waals surface area contributed by atoms with Gasteiger partial charge in [-0.25, -0.2) is 0 Å². The van der Waals surface area contributed by atoms with Crippen molar-refractivity contribution < 1.29 is 0 Å². The Bertz CT molecular complexity index is 47.5. The van der Waals surface area contributed by atoms with Gasteiger partial charge in [0.25, 0.3) is 0 Å². The van der Waals surface area contributed by atoms with Crippen molar-refractivity contribution in [1.82, 2.24) is 4.90 Å². The van der Waals surface area contributed by atoms with Crippen LogP contribution in [-0.2, 0) is 0 Å². The van der Waals surface area contributed by atoms with Crippen molar-refractivity contribution in [2.45, 2.75) is 33.1 Å². The summed E-state index contributed by atoms with van der Waals surface area (Å²) in [5, 5.41) is 0.